The molecule has 0 atom stereocenters. The first-order valence-corrected chi connectivity index (χ1v) is 7.41. The van der Waals surface area contributed by atoms with Crippen molar-refractivity contribution in [1.82, 2.24) is 14.5 Å². The lowest BCUT2D eigenvalue weighted by atomic mass is 10.3. The molecule has 0 bridgehead atoms. The van der Waals surface area contributed by atoms with E-state index in [1.807, 2.05) is 0 Å². The average molecular weight is 341 g/mol. The van der Waals surface area contributed by atoms with Crippen molar-refractivity contribution in [2.45, 2.75) is 13.1 Å². The van der Waals surface area contributed by atoms with Gasteiger partial charge in [-0.3, -0.25) is 4.57 Å². The molecule has 0 unspecified atom stereocenters. The molecule has 0 spiro atoms. The average Bonchev–Trinajstić information content (AvgIpc) is 3.11. The predicted molar refractivity (Wildman–Crippen MR) is 77.7 cm³/mol. The van der Waals surface area contributed by atoms with Crippen LogP contribution >= 0.6 is 11.3 Å². The summed E-state index contributed by atoms with van der Waals surface area (Å²) in [4.78, 5) is 18.9. The maximum Gasteiger partial charge on any atom is 0.435 e. The third-order valence-electron chi connectivity index (χ3n) is 3.00. The van der Waals surface area contributed by atoms with E-state index in [2.05, 4.69) is 14.7 Å². The van der Waals surface area contributed by atoms with Crippen LogP contribution in [0.2, 0.25) is 0 Å². The van der Waals surface area contributed by atoms with Gasteiger partial charge in [-0.1, -0.05) is 23.5 Å². The first-order chi connectivity index (χ1) is 10.9. The number of benzene rings is 1. The van der Waals surface area contributed by atoms with Crippen LogP contribution < -0.4 is 0 Å². The number of aromatic nitrogens is 3. The number of carbonyl (C=O) groups is 1. The van der Waals surface area contributed by atoms with Crippen LogP contribution in [0.3, 0.4) is 0 Å². The first-order valence-electron chi connectivity index (χ1n) is 6.59. The van der Waals surface area contributed by atoms with E-state index in [-0.39, 0.29) is 11.7 Å². The molecule has 1 aromatic carbocycles. The minimum absolute atomic E-state index is 0.00841. The van der Waals surface area contributed by atoms with E-state index in [1.54, 1.807) is 24.3 Å². The van der Waals surface area contributed by atoms with Crippen LogP contribution in [0.4, 0.5) is 13.2 Å². The second-order valence-electron chi connectivity index (χ2n) is 4.50. The van der Waals surface area contributed by atoms with Gasteiger partial charge in [0.05, 0.1) is 17.6 Å². The molecule has 3 aromatic rings. The molecule has 0 amide bonds. The predicted octanol–water partition coefficient (Wildman–Crippen LogP) is 3.68. The number of carbonyl (C=O) groups excluding carboxylic acids is 1. The van der Waals surface area contributed by atoms with Crippen molar-refractivity contribution in [2.24, 2.45) is 0 Å². The SMILES string of the molecule is CCOC(=O)c1sc(-n2cnc3ccccc32)nc1C(F)(F)F. The van der Waals surface area contributed by atoms with Gasteiger partial charge in [-0.25, -0.2) is 14.8 Å². The van der Waals surface area contributed by atoms with Crippen LogP contribution in [-0.4, -0.2) is 27.1 Å². The number of alkyl halides is 3. The van der Waals surface area contributed by atoms with Gasteiger partial charge < -0.3 is 4.74 Å². The van der Waals surface area contributed by atoms with E-state index in [0.717, 1.165) is 0 Å². The van der Waals surface area contributed by atoms with Crippen molar-refractivity contribution in [3.8, 4) is 5.13 Å². The van der Waals surface area contributed by atoms with Gasteiger partial charge in [-0.05, 0) is 19.1 Å². The van der Waals surface area contributed by atoms with Crippen LogP contribution in [-0.2, 0) is 10.9 Å². The topological polar surface area (TPSA) is 57.0 Å². The van der Waals surface area contributed by atoms with Crippen molar-refractivity contribution >= 4 is 28.3 Å². The minimum Gasteiger partial charge on any atom is -0.462 e. The monoisotopic (exact) mass is 341 g/mol. The Morgan fingerprint density at radius 3 is 2.78 bits per heavy atom. The van der Waals surface area contributed by atoms with Crippen LogP contribution in [0.15, 0.2) is 30.6 Å². The van der Waals surface area contributed by atoms with Gasteiger partial charge in [-0.15, -0.1) is 0 Å². The summed E-state index contributed by atoms with van der Waals surface area (Å²) in [5.74, 6) is -1.03. The lowest BCUT2D eigenvalue weighted by molar-refractivity contribution is -0.141. The fraction of sp³-hybridized carbons (Fsp3) is 0.214. The highest BCUT2D eigenvalue weighted by atomic mass is 32.1. The summed E-state index contributed by atoms with van der Waals surface area (Å²) in [6.45, 7) is 1.51. The van der Waals surface area contributed by atoms with E-state index < -0.39 is 22.7 Å². The standard InChI is InChI=1S/C14H10F3N3O2S/c1-2-22-12(21)10-11(14(15,16)17)19-13(23-10)20-7-18-8-5-3-4-6-9(8)20/h3-7H,2H2,1H3. The lowest BCUT2D eigenvalue weighted by Gasteiger charge is -2.04. The lowest BCUT2D eigenvalue weighted by Crippen LogP contribution is -2.13. The Hall–Kier alpha value is -2.42. The van der Waals surface area contributed by atoms with Crippen LogP contribution in [0.1, 0.15) is 22.3 Å². The number of thiazole rings is 1. The number of esters is 1. The van der Waals surface area contributed by atoms with Crippen molar-refractivity contribution < 1.29 is 22.7 Å². The maximum absolute atomic E-state index is 13.1. The van der Waals surface area contributed by atoms with Crippen molar-refractivity contribution in [2.75, 3.05) is 6.61 Å². The second kappa shape index (κ2) is 5.65. The van der Waals surface area contributed by atoms with Crippen LogP contribution in [0.25, 0.3) is 16.2 Å². The molecule has 0 radical (unpaired) electrons. The number of imidazole rings is 1. The molecule has 3 rings (SSSR count). The fourth-order valence-electron chi connectivity index (χ4n) is 2.05. The molecule has 0 aliphatic heterocycles. The Kier molecular flexibility index (Phi) is 3.80. The Balaban J connectivity index is 2.16. The van der Waals surface area contributed by atoms with Crippen molar-refractivity contribution in [3.05, 3.63) is 41.2 Å². The zero-order valence-electron chi connectivity index (χ0n) is 11.8. The fourth-order valence-corrected chi connectivity index (χ4v) is 3.01. The molecule has 0 N–H and O–H groups in total. The molecule has 0 aliphatic carbocycles. The van der Waals surface area contributed by atoms with E-state index in [4.69, 9.17) is 0 Å². The van der Waals surface area contributed by atoms with E-state index in [1.165, 1.54) is 17.8 Å². The number of fused-ring (bicyclic) bond motifs is 1. The normalized spacial score (nSPS) is 11.8. The van der Waals surface area contributed by atoms with Gasteiger partial charge in [0, 0.05) is 0 Å². The van der Waals surface area contributed by atoms with E-state index in [9.17, 15) is 18.0 Å². The summed E-state index contributed by atoms with van der Waals surface area (Å²) in [7, 11) is 0. The highest BCUT2D eigenvalue weighted by Crippen LogP contribution is 2.36. The number of ether oxygens (including phenoxy) is 1. The summed E-state index contributed by atoms with van der Waals surface area (Å²) in [6, 6.07) is 6.95. The summed E-state index contributed by atoms with van der Waals surface area (Å²) in [5.41, 5.74) is -0.0203. The maximum atomic E-state index is 13.1. The molecule has 0 saturated heterocycles. The Morgan fingerprint density at radius 2 is 2.09 bits per heavy atom. The van der Waals surface area contributed by atoms with Crippen LogP contribution in [0, 0.1) is 0 Å². The summed E-state index contributed by atoms with van der Waals surface area (Å²) >= 11 is 0.624. The number of nitrogens with zero attached hydrogens (tertiary/aromatic N) is 3. The highest BCUT2D eigenvalue weighted by Gasteiger charge is 2.40. The molecule has 0 aliphatic rings. The summed E-state index contributed by atoms with van der Waals surface area (Å²) in [6.07, 6.45) is -3.37. The number of hydrogen-bond acceptors (Lipinski definition) is 5. The molecule has 9 heteroatoms. The molecule has 2 heterocycles. The Morgan fingerprint density at radius 1 is 1.35 bits per heavy atom. The molecule has 2 aromatic heterocycles. The van der Waals surface area contributed by atoms with Crippen molar-refractivity contribution in [1.29, 1.82) is 0 Å². The molecule has 5 nitrogen and oxygen atoms in total. The number of halogens is 3. The summed E-state index contributed by atoms with van der Waals surface area (Å²) < 4.78 is 45.5. The number of para-hydroxylation sites is 2. The highest BCUT2D eigenvalue weighted by molar-refractivity contribution is 7.16. The zero-order chi connectivity index (χ0) is 16.6. The van der Waals surface area contributed by atoms with Gasteiger partial charge >= 0.3 is 12.1 Å². The molecule has 0 saturated carbocycles. The number of hydrogen-bond donors (Lipinski definition) is 0. The molecular weight excluding hydrogens is 331 g/mol. The second-order valence-corrected chi connectivity index (χ2v) is 5.47. The molecule has 23 heavy (non-hydrogen) atoms. The third-order valence-corrected chi connectivity index (χ3v) is 4.04. The van der Waals surface area contributed by atoms with Gasteiger partial charge in [0.1, 0.15) is 11.2 Å². The summed E-state index contributed by atoms with van der Waals surface area (Å²) in [5, 5.41) is 0.00841. The van der Waals surface area contributed by atoms with E-state index in [0.29, 0.717) is 22.4 Å². The smallest absolute Gasteiger partial charge is 0.435 e. The number of rotatable bonds is 3. The Labute approximate surface area is 132 Å². The molecule has 120 valence electrons. The third kappa shape index (κ3) is 2.79. The first kappa shape index (κ1) is 15.5. The van der Waals surface area contributed by atoms with Gasteiger partial charge in [-0.2, -0.15) is 13.2 Å². The Bertz CT molecular complexity index is 870. The molecular formula is C14H10F3N3O2S. The van der Waals surface area contributed by atoms with Gasteiger partial charge in [0.2, 0.25) is 0 Å². The van der Waals surface area contributed by atoms with Gasteiger partial charge in [0.15, 0.2) is 10.8 Å². The molecule has 0 fully saturated rings. The van der Waals surface area contributed by atoms with Crippen LogP contribution in [0.5, 0.6) is 0 Å². The quantitative estimate of drug-likeness (QED) is 0.682. The largest absolute Gasteiger partial charge is 0.462 e. The minimum atomic E-state index is -4.74. The van der Waals surface area contributed by atoms with Crippen molar-refractivity contribution in [3.63, 3.8) is 0 Å². The van der Waals surface area contributed by atoms with Gasteiger partial charge in [0.25, 0.3) is 0 Å². The zero-order valence-corrected chi connectivity index (χ0v) is 12.6. The van der Waals surface area contributed by atoms with E-state index >= 15 is 0 Å².